The molecule has 0 amide bonds. The van der Waals surface area contributed by atoms with E-state index in [1.165, 1.54) is 0 Å². The number of aliphatic hydroxyl groups is 2. The first-order chi connectivity index (χ1) is 24.1. The van der Waals surface area contributed by atoms with Gasteiger partial charge < -0.3 is 74.4 Å². The van der Waals surface area contributed by atoms with E-state index in [1.54, 1.807) is 0 Å². The van der Waals surface area contributed by atoms with Crippen molar-refractivity contribution in [3.63, 3.8) is 0 Å². The van der Waals surface area contributed by atoms with Crippen molar-refractivity contribution in [2.75, 3.05) is 0 Å². The highest BCUT2D eigenvalue weighted by Gasteiger charge is 2.72. The molecule has 0 heterocycles. The molecule has 0 fully saturated rings. The number of carbonyl (C=O) groups is 4. The van der Waals surface area contributed by atoms with Crippen LogP contribution in [0.4, 0.5) is 17.6 Å². The molecule has 8 atom stereocenters. The Morgan fingerprint density at radius 1 is 0.704 bits per heavy atom. The molecular formula is C20H26F4O26P4. The Morgan fingerprint density at radius 2 is 1.11 bits per heavy atom. The first kappa shape index (κ1) is 47.6. The van der Waals surface area contributed by atoms with Crippen LogP contribution in [0.1, 0.15) is 12.8 Å². The Hall–Kier alpha value is -2.56. The number of hydrogen-bond donors (Lipinski definition) is 13. The zero-order valence-electron chi connectivity index (χ0n) is 25.5. The van der Waals surface area contributed by atoms with Gasteiger partial charge in [0.1, 0.15) is 12.2 Å². The van der Waals surface area contributed by atoms with Crippen molar-refractivity contribution in [1.82, 2.24) is 0 Å². The molecule has 0 radical (unpaired) electrons. The third kappa shape index (κ3) is 9.69. The van der Waals surface area contributed by atoms with Crippen molar-refractivity contribution in [1.29, 1.82) is 0 Å². The van der Waals surface area contributed by atoms with Gasteiger partial charge >= 0.3 is 65.4 Å². The largest absolute Gasteiger partial charge is 0.478 e. The molecule has 0 aromatic heterocycles. The van der Waals surface area contributed by atoms with Gasteiger partial charge in [-0.3, -0.25) is 13.7 Å². The summed E-state index contributed by atoms with van der Waals surface area (Å²) in [6.45, 7) is 0. The normalized spacial score (nSPS) is 27.2. The van der Waals surface area contributed by atoms with Gasteiger partial charge in [0, 0.05) is 24.0 Å². The smallest absolute Gasteiger partial charge is 0.472 e. The number of hydrogen-bond acceptors (Lipinski definition) is 15. The molecule has 0 bridgehead atoms. The molecule has 0 aliphatic heterocycles. The second kappa shape index (κ2) is 16.1. The molecule has 0 aromatic carbocycles. The molecule has 310 valence electrons. The highest BCUT2D eigenvalue weighted by Crippen LogP contribution is 2.65. The van der Waals surface area contributed by atoms with Gasteiger partial charge in [-0.05, 0) is 12.2 Å². The van der Waals surface area contributed by atoms with E-state index in [4.69, 9.17) is 0 Å². The highest BCUT2D eigenvalue weighted by atomic mass is 31.2. The van der Waals surface area contributed by atoms with Crippen molar-refractivity contribution in [2.24, 2.45) is 0 Å². The highest BCUT2D eigenvalue weighted by molar-refractivity contribution is 7.55. The van der Waals surface area contributed by atoms with Crippen molar-refractivity contribution in [3.8, 4) is 0 Å². The van der Waals surface area contributed by atoms with Crippen LogP contribution < -0.4 is 0 Å². The number of phosphoric ester groups is 2. The van der Waals surface area contributed by atoms with Crippen LogP contribution >= 0.6 is 30.8 Å². The van der Waals surface area contributed by atoms with Gasteiger partial charge in [0.25, 0.3) is 12.9 Å². The summed E-state index contributed by atoms with van der Waals surface area (Å²) in [5, 5.41) is 47.6. The van der Waals surface area contributed by atoms with Crippen LogP contribution in [-0.4, -0.2) is 149 Å². The third-order valence-electron chi connectivity index (χ3n) is 7.10. The zero-order valence-corrected chi connectivity index (χ0v) is 29.1. The molecule has 2 rings (SSSR count). The fourth-order valence-electron chi connectivity index (χ4n) is 4.82. The number of aliphatic hydroxyl groups excluding tert-OH is 2. The van der Waals surface area contributed by atoms with Gasteiger partial charge in [-0.1, -0.05) is 0 Å². The van der Waals surface area contributed by atoms with Crippen LogP contribution in [0.2, 0.25) is 0 Å². The Kier molecular flexibility index (Phi) is 14.2. The van der Waals surface area contributed by atoms with E-state index in [0.717, 1.165) is 0 Å². The zero-order chi connectivity index (χ0) is 42.4. The molecule has 2 aliphatic rings. The summed E-state index contributed by atoms with van der Waals surface area (Å²) in [7, 11) is -28.1. The van der Waals surface area contributed by atoms with Gasteiger partial charge in [0.15, 0.2) is 6.10 Å². The number of alkyl halides is 4. The molecule has 0 aromatic rings. The van der Waals surface area contributed by atoms with Crippen LogP contribution in [0.3, 0.4) is 0 Å². The number of carboxylic acids is 4. The lowest BCUT2D eigenvalue weighted by atomic mass is 9.89. The Morgan fingerprint density at radius 3 is 1.46 bits per heavy atom. The topological polar surface area (TPSA) is 446 Å². The summed E-state index contributed by atoms with van der Waals surface area (Å²) in [5.41, 5.74) is -2.78. The Balaban J connectivity index is 3.13. The van der Waals surface area contributed by atoms with E-state index < -0.39 is 145 Å². The summed E-state index contributed by atoms with van der Waals surface area (Å²) in [5.74, 6) is -16.0. The predicted molar refractivity (Wildman–Crippen MR) is 151 cm³/mol. The molecule has 54 heavy (non-hydrogen) atoms. The average Bonchev–Trinajstić information content (AvgIpc) is 2.94. The Labute approximate surface area is 294 Å². The second-order valence-corrected chi connectivity index (χ2v) is 16.7. The van der Waals surface area contributed by atoms with Crippen molar-refractivity contribution < 1.29 is 143 Å². The van der Waals surface area contributed by atoms with Crippen LogP contribution in [0.15, 0.2) is 23.3 Å². The Bertz CT molecular complexity index is 1740. The summed E-state index contributed by atoms with van der Waals surface area (Å²) in [6, 6.07) is 0. The fraction of sp³-hybridized carbons (Fsp3) is 0.600. The number of halogens is 4. The monoisotopic (exact) mass is 882 g/mol. The van der Waals surface area contributed by atoms with E-state index in [9.17, 15) is 120 Å². The summed E-state index contributed by atoms with van der Waals surface area (Å²) in [4.78, 5) is 116. The average molecular weight is 882 g/mol. The van der Waals surface area contributed by atoms with E-state index in [1.807, 2.05) is 0 Å². The number of aliphatic carboxylic acids is 4. The van der Waals surface area contributed by atoms with Gasteiger partial charge in [0.2, 0.25) is 5.79 Å². The van der Waals surface area contributed by atoms with Gasteiger partial charge in [-0.2, -0.15) is 0 Å². The maximum absolute atomic E-state index is 14.8. The van der Waals surface area contributed by atoms with Crippen LogP contribution in [-0.2, 0) is 60.5 Å². The summed E-state index contributed by atoms with van der Waals surface area (Å²) < 4.78 is 129. The first-order valence-corrected chi connectivity index (χ1v) is 19.6. The van der Waals surface area contributed by atoms with Crippen molar-refractivity contribution >= 4 is 54.7 Å². The fourth-order valence-corrected chi connectivity index (χ4v) is 8.29. The molecule has 0 saturated carbocycles. The second-order valence-electron chi connectivity index (χ2n) is 10.8. The molecule has 34 heteroatoms. The SMILES string of the molecule is O=C(O)C1=CC(O)C(O)C(OC(C(=O)O)(C(F)F)P(=O)(O)OC2C(OC(C(=O)O)(C(F)F)P(=O)(O)O)CC(C(=O)O)=CC2(OP(=O)(O)O)OP(=O)(O)O)C1. The number of phosphoric acid groups is 2. The number of carboxylic acid groups (broad SMARTS) is 4. The van der Waals surface area contributed by atoms with Gasteiger partial charge in [0.05, 0.1) is 12.2 Å². The van der Waals surface area contributed by atoms with Crippen molar-refractivity contribution in [3.05, 3.63) is 23.3 Å². The molecule has 0 saturated heterocycles. The predicted octanol–water partition coefficient (Wildman–Crippen LogP) is -1.94. The quantitative estimate of drug-likeness (QED) is 0.0405. The lowest BCUT2D eigenvalue weighted by Gasteiger charge is -2.47. The maximum atomic E-state index is 14.8. The van der Waals surface area contributed by atoms with Crippen LogP contribution in [0, 0.1) is 0 Å². The van der Waals surface area contributed by atoms with Gasteiger partial charge in [-0.25, -0.2) is 54.9 Å². The number of ether oxygens (including phenoxy) is 2. The van der Waals surface area contributed by atoms with E-state index in [0.29, 0.717) is 6.08 Å². The van der Waals surface area contributed by atoms with E-state index >= 15 is 0 Å². The molecule has 26 nitrogen and oxygen atoms in total. The van der Waals surface area contributed by atoms with Crippen molar-refractivity contribution in [2.45, 2.75) is 72.7 Å². The standard InChI is InChI=1S/C20H26F4O26P4/c21-14(22)19(16(31)32,51(35,36)37)47-9-3-6(13(29)30)4-18(49-53(40,41)42,50-54(43,44)45)11(9)48-52(38,39)20(15(23)24,17(33)34)46-8-2-5(12(27)28)1-7(25)10(8)26/h1,4,7-11,14-15,25-26H,2-3H2,(H,27,28)(H,29,30)(H,31,32)(H,33,34)(H,38,39)(H2,35,36,37)(H2,40,41,42)(H2,43,44,45). The van der Waals surface area contributed by atoms with E-state index in [2.05, 4.69) is 23.0 Å². The molecule has 13 N–H and O–H groups in total. The van der Waals surface area contributed by atoms with Crippen LogP contribution in [0.25, 0.3) is 0 Å². The third-order valence-corrected chi connectivity index (χ3v) is 11.4. The van der Waals surface area contributed by atoms with Gasteiger partial charge in [-0.15, -0.1) is 0 Å². The molecule has 8 unspecified atom stereocenters. The lowest BCUT2D eigenvalue weighted by Crippen LogP contribution is -2.61. The first-order valence-electron chi connectivity index (χ1n) is 13.3. The minimum absolute atomic E-state index is 0.370. The van der Waals surface area contributed by atoms with E-state index in [-0.39, 0.29) is 0 Å². The molecular weight excluding hydrogens is 856 g/mol. The molecule has 2 aliphatic carbocycles. The maximum Gasteiger partial charge on any atom is 0.472 e. The van der Waals surface area contributed by atoms with Crippen LogP contribution in [0.5, 0.6) is 0 Å². The number of rotatable bonds is 18. The lowest BCUT2D eigenvalue weighted by molar-refractivity contribution is -0.238. The minimum atomic E-state index is -7.60. The minimum Gasteiger partial charge on any atom is -0.478 e. The summed E-state index contributed by atoms with van der Waals surface area (Å²) >= 11 is 0. The summed E-state index contributed by atoms with van der Waals surface area (Å²) in [6.07, 6.45) is -29.4. The molecule has 0 spiro atoms.